The van der Waals surface area contributed by atoms with Gasteiger partial charge in [0.2, 0.25) is 0 Å². The van der Waals surface area contributed by atoms with Gasteiger partial charge in [0.25, 0.3) is 0 Å². The molecule has 0 spiro atoms. The first-order valence-corrected chi connectivity index (χ1v) is 6.88. The molecule has 2 aromatic carbocycles. The molecule has 0 fully saturated rings. The Kier molecular flexibility index (Phi) is 5.15. The summed E-state index contributed by atoms with van der Waals surface area (Å²) in [6, 6.07) is 12.9. The monoisotopic (exact) mass is 313 g/mol. The third kappa shape index (κ3) is 4.20. The summed E-state index contributed by atoms with van der Waals surface area (Å²) < 4.78 is 18.4. The molecule has 1 N–H and O–H groups in total. The quantitative estimate of drug-likeness (QED) is 0.941. The molecular formula is C17H16FN3O2. The third-order valence-corrected chi connectivity index (χ3v) is 3.23. The Morgan fingerprint density at radius 1 is 1.35 bits per heavy atom. The van der Waals surface area contributed by atoms with Crippen LogP contribution in [0, 0.1) is 17.1 Å². The molecule has 0 aliphatic rings. The van der Waals surface area contributed by atoms with Crippen LogP contribution in [0.2, 0.25) is 0 Å². The van der Waals surface area contributed by atoms with Crippen molar-refractivity contribution in [3.63, 3.8) is 0 Å². The van der Waals surface area contributed by atoms with Gasteiger partial charge in [0.15, 0.2) is 11.6 Å². The van der Waals surface area contributed by atoms with Crippen LogP contribution in [0.15, 0.2) is 42.5 Å². The standard InChI is InChI=1S/C17H16FN3O2/c1-21(11-13-5-3-4-12(8-13)10-19)17(22)20-14-6-7-16(23-2)15(18)9-14/h3-9H,11H2,1-2H3,(H,20,22). The van der Waals surface area contributed by atoms with Gasteiger partial charge in [-0.1, -0.05) is 12.1 Å². The summed E-state index contributed by atoms with van der Waals surface area (Å²) in [5, 5.41) is 11.5. The zero-order valence-electron chi connectivity index (χ0n) is 12.8. The molecule has 0 unspecified atom stereocenters. The van der Waals surface area contributed by atoms with E-state index in [1.807, 2.05) is 6.07 Å². The molecule has 2 rings (SSSR count). The molecule has 118 valence electrons. The van der Waals surface area contributed by atoms with Gasteiger partial charge < -0.3 is 15.0 Å². The number of anilines is 1. The molecule has 2 amide bonds. The number of amides is 2. The Bertz CT molecular complexity index is 756. The Morgan fingerprint density at radius 3 is 2.78 bits per heavy atom. The van der Waals surface area contributed by atoms with E-state index >= 15 is 0 Å². The average Bonchev–Trinajstić information content (AvgIpc) is 2.55. The van der Waals surface area contributed by atoms with E-state index in [0.29, 0.717) is 17.8 Å². The average molecular weight is 313 g/mol. The Balaban J connectivity index is 2.02. The van der Waals surface area contributed by atoms with Crippen molar-refractivity contribution in [2.75, 3.05) is 19.5 Å². The molecule has 6 heteroatoms. The summed E-state index contributed by atoms with van der Waals surface area (Å²) in [4.78, 5) is 13.6. The SMILES string of the molecule is COc1ccc(NC(=O)N(C)Cc2cccc(C#N)c2)cc1F. The molecule has 0 saturated carbocycles. The molecule has 0 aliphatic heterocycles. The van der Waals surface area contributed by atoms with E-state index in [1.165, 1.54) is 24.1 Å². The number of methoxy groups -OCH3 is 1. The number of hydrogen-bond donors (Lipinski definition) is 1. The van der Waals surface area contributed by atoms with Crippen LogP contribution in [-0.4, -0.2) is 25.1 Å². The van der Waals surface area contributed by atoms with E-state index in [2.05, 4.69) is 11.4 Å². The van der Waals surface area contributed by atoms with Crippen LogP contribution in [0.25, 0.3) is 0 Å². The van der Waals surface area contributed by atoms with Crippen molar-refractivity contribution in [1.29, 1.82) is 5.26 Å². The van der Waals surface area contributed by atoms with Gasteiger partial charge in [0, 0.05) is 25.3 Å². The number of nitrogens with one attached hydrogen (secondary N) is 1. The summed E-state index contributed by atoms with van der Waals surface area (Å²) in [6.45, 7) is 0.333. The second kappa shape index (κ2) is 7.27. The van der Waals surface area contributed by atoms with Crippen LogP contribution in [0.4, 0.5) is 14.9 Å². The van der Waals surface area contributed by atoms with E-state index in [1.54, 1.807) is 31.3 Å². The maximum Gasteiger partial charge on any atom is 0.321 e. The molecule has 0 saturated heterocycles. The van der Waals surface area contributed by atoms with Gasteiger partial charge in [-0.3, -0.25) is 0 Å². The van der Waals surface area contributed by atoms with Gasteiger partial charge in [0.05, 0.1) is 18.7 Å². The van der Waals surface area contributed by atoms with E-state index in [4.69, 9.17) is 10.00 Å². The van der Waals surface area contributed by atoms with Gasteiger partial charge in [-0.05, 0) is 29.8 Å². The van der Waals surface area contributed by atoms with Crippen molar-refractivity contribution >= 4 is 11.7 Å². The molecule has 0 radical (unpaired) electrons. The molecule has 0 atom stereocenters. The summed E-state index contributed by atoms with van der Waals surface area (Å²) >= 11 is 0. The van der Waals surface area contributed by atoms with Gasteiger partial charge in [-0.2, -0.15) is 5.26 Å². The minimum atomic E-state index is -0.547. The van der Waals surface area contributed by atoms with E-state index in [0.717, 1.165) is 5.56 Å². The largest absolute Gasteiger partial charge is 0.494 e. The molecular weight excluding hydrogens is 297 g/mol. The van der Waals surface area contributed by atoms with Crippen LogP contribution in [0.1, 0.15) is 11.1 Å². The predicted molar refractivity (Wildman–Crippen MR) is 84.6 cm³/mol. The number of halogens is 1. The van der Waals surface area contributed by atoms with Crippen molar-refractivity contribution in [2.24, 2.45) is 0 Å². The number of benzene rings is 2. The van der Waals surface area contributed by atoms with E-state index in [-0.39, 0.29) is 11.8 Å². The molecule has 0 aromatic heterocycles. The van der Waals surface area contributed by atoms with Crippen LogP contribution < -0.4 is 10.1 Å². The second-order valence-electron chi connectivity index (χ2n) is 4.95. The van der Waals surface area contributed by atoms with Crippen molar-refractivity contribution in [3.8, 4) is 11.8 Å². The molecule has 2 aromatic rings. The maximum atomic E-state index is 13.6. The zero-order valence-corrected chi connectivity index (χ0v) is 12.8. The number of nitrogens with zero attached hydrogens (tertiary/aromatic N) is 2. The first kappa shape index (κ1) is 16.3. The number of carbonyl (C=O) groups is 1. The molecule has 0 heterocycles. The highest BCUT2D eigenvalue weighted by Crippen LogP contribution is 2.21. The number of hydrogen-bond acceptors (Lipinski definition) is 3. The summed E-state index contributed by atoms with van der Waals surface area (Å²) in [6.07, 6.45) is 0. The number of urea groups is 1. The minimum Gasteiger partial charge on any atom is -0.494 e. The van der Waals surface area contributed by atoms with Gasteiger partial charge in [0.1, 0.15) is 0 Å². The Labute approximate surface area is 133 Å². The fourth-order valence-corrected chi connectivity index (χ4v) is 2.05. The summed E-state index contributed by atoms with van der Waals surface area (Å²) in [7, 11) is 2.99. The number of rotatable bonds is 4. The smallest absolute Gasteiger partial charge is 0.321 e. The lowest BCUT2D eigenvalue weighted by molar-refractivity contribution is 0.220. The van der Waals surface area contributed by atoms with Crippen molar-refractivity contribution in [1.82, 2.24) is 4.90 Å². The second-order valence-corrected chi connectivity index (χ2v) is 4.95. The van der Waals surface area contributed by atoms with Crippen LogP contribution >= 0.6 is 0 Å². The van der Waals surface area contributed by atoms with Gasteiger partial charge in [-0.15, -0.1) is 0 Å². The lowest BCUT2D eigenvalue weighted by atomic mass is 10.1. The fraction of sp³-hybridized carbons (Fsp3) is 0.176. The maximum absolute atomic E-state index is 13.6. The third-order valence-electron chi connectivity index (χ3n) is 3.23. The Hall–Kier alpha value is -3.07. The van der Waals surface area contributed by atoms with Crippen molar-refractivity contribution in [3.05, 3.63) is 59.4 Å². The zero-order chi connectivity index (χ0) is 16.8. The molecule has 5 nitrogen and oxygen atoms in total. The molecule has 0 aliphatic carbocycles. The lowest BCUT2D eigenvalue weighted by Crippen LogP contribution is -2.30. The first-order valence-electron chi connectivity index (χ1n) is 6.88. The lowest BCUT2D eigenvalue weighted by Gasteiger charge is -2.18. The highest BCUT2D eigenvalue weighted by atomic mass is 19.1. The van der Waals surface area contributed by atoms with Gasteiger partial charge >= 0.3 is 6.03 Å². The molecule has 23 heavy (non-hydrogen) atoms. The molecule has 0 bridgehead atoms. The summed E-state index contributed by atoms with van der Waals surface area (Å²) in [5.41, 5.74) is 1.71. The van der Waals surface area contributed by atoms with E-state index < -0.39 is 5.82 Å². The first-order chi connectivity index (χ1) is 11.0. The van der Waals surface area contributed by atoms with Crippen LogP contribution in [-0.2, 0) is 6.54 Å². The number of nitriles is 1. The fourth-order valence-electron chi connectivity index (χ4n) is 2.05. The van der Waals surface area contributed by atoms with Crippen molar-refractivity contribution < 1.29 is 13.9 Å². The van der Waals surface area contributed by atoms with Crippen LogP contribution in [0.5, 0.6) is 5.75 Å². The Morgan fingerprint density at radius 2 is 2.13 bits per heavy atom. The summed E-state index contributed by atoms with van der Waals surface area (Å²) in [5.74, 6) is -0.431. The normalized spacial score (nSPS) is 9.83. The van der Waals surface area contributed by atoms with Gasteiger partial charge in [-0.25, -0.2) is 9.18 Å². The van der Waals surface area contributed by atoms with E-state index in [9.17, 15) is 9.18 Å². The van der Waals surface area contributed by atoms with Crippen LogP contribution in [0.3, 0.4) is 0 Å². The number of carbonyl (C=O) groups excluding carboxylic acids is 1. The van der Waals surface area contributed by atoms with Crippen molar-refractivity contribution in [2.45, 2.75) is 6.54 Å². The minimum absolute atomic E-state index is 0.115. The highest BCUT2D eigenvalue weighted by molar-refractivity contribution is 5.89. The highest BCUT2D eigenvalue weighted by Gasteiger charge is 2.11. The number of ether oxygens (including phenoxy) is 1. The topological polar surface area (TPSA) is 65.4 Å². The predicted octanol–water partition coefficient (Wildman–Crippen LogP) is 3.37.